The van der Waals surface area contributed by atoms with Gasteiger partial charge in [-0.3, -0.25) is 9.59 Å². The average Bonchev–Trinajstić information content (AvgIpc) is 3.32. The van der Waals surface area contributed by atoms with Crippen molar-refractivity contribution in [3.8, 4) is 5.75 Å². The van der Waals surface area contributed by atoms with E-state index in [9.17, 15) is 9.59 Å². The molecule has 2 heterocycles. The Morgan fingerprint density at radius 3 is 2.39 bits per heavy atom. The first-order valence-electron chi connectivity index (χ1n) is 10.1. The Kier molecular flexibility index (Phi) is 5.65. The van der Waals surface area contributed by atoms with Crippen molar-refractivity contribution in [2.75, 3.05) is 10.2 Å². The van der Waals surface area contributed by atoms with Crippen molar-refractivity contribution < 1.29 is 14.3 Å². The molecule has 0 aliphatic carbocycles. The Morgan fingerprint density at radius 2 is 1.71 bits per heavy atom. The lowest BCUT2D eigenvalue weighted by Crippen LogP contribution is -2.33. The molecular formula is C25H24N2O3S. The third-order valence-electron chi connectivity index (χ3n) is 5.10. The molecule has 31 heavy (non-hydrogen) atoms. The number of anilines is 2. The quantitative estimate of drug-likeness (QED) is 0.519. The molecular weight excluding hydrogens is 408 g/mol. The minimum atomic E-state index is -0.397. The van der Waals surface area contributed by atoms with E-state index in [4.69, 9.17) is 4.74 Å². The fourth-order valence-electron chi connectivity index (χ4n) is 3.47. The van der Waals surface area contributed by atoms with Crippen LogP contribution in [0.5, 0.6) is 5.75 Å². The number of hydrogen-bond donors (Lipinski definition) is 1. The Hall–Kier alpha value is -3.38. The second-order valence-electron chi connectivity index (χ2n) is 7.73. The zero-order valence-electron chi connectivity index (χ0n) is 17.9. The standard InChI is InChI=1S/C25H24N2O3S/c1-15(2)30-20-9-6-5-8-19(20)27-24(28)22(21-10-7-13-31-21)23(25(27)29)26-18-12-11-16(3)17(4)14-18/h5-15,26H,1-4H3. The second kappa shape index (κ2) is 8.40. The summed E-state index contributed by atoms with van der Waals surface area (Å²) in [7, 11) is 0. The van der Waals surface area contributed by atoms with Gasteiger partial charge in [0, 0.05) is 10.6 Å². The van der Waals surface area contributed by atoms with Gasteiger partial charge in [0.25, 0.3) is 11.8 Å². The lowest BCUT2D eigenvalue weighted by atomic mass is 10.1. The lowest BCUT2D eigenvalue weighted by Gasteiger charge is -2.20. The molecule has 4 rings (SSSR count). The molecule has 5 nitrogen and oxygen atoms in total. The van der Waals surface area contributed by atoms with Gasteiger partial charge in [-0.25, -0.2) is 4.90 Å². The van der Waals surface area contributed by atoms with Crippen LogP contribution < -0.4 is 15.0 Å². The number of imide groups is 1. The van der Waals surface area contributed by atoms with Crippen LogP contribution in [-0.2, 0) is 9.59 Å². The number of rotatable bonds is 6. The number of carbonyl (C=O) groups is 2. The summed E-state index contributed by atoms with van der Waals surface area (Å²) in [6, 6.07) is 16.7. The van der Waals surface area contributed by atoms with E-state index in [0.29, 0.717) is 17.0 Å². The molecule has 2 amide bonds. The van der Waals surface area contributed by atoms with E-state index in [1.54, 1.807) is 18.2 Å². The molecule has 0 atom stereocenters. The number of amides is 2. The number of benzene rings is 2. The van der Waals surface area contributed by atoms with Crippen molar-refractivity contribution in [2.45, 2.75) is 33.8 Å². The number of nitrogens with zero attached hydrogens (tertiary/aromatic N) is 1. The molecule has 0 saturated heterocycles. The van der Waals surface area contributed by atoms with Crippen molar-refractivity contribution in [2.24, 2.45) is 0 Å². The van der Waals surface area contributed by atoms with Crippen LogP contribution in [0.4, 0.5) is 11.4 Å². The van der Waals surface area contributed by atoms with Gasteiger partial charge in [0.2, 0.25) is 0 Å². The maximum absolute atomic E-state index is 13.6. The highest BCUT2D eigenvalue weighted by Crippen LogP contribution is 2.39. The van der Waals surface area contributed by atoms with E-state index in [1.807, 2.05) is 69.5 Å². The Morgan fingerprint density at radius 1 is 0.935 bits per heavy atom. The fourth-order valence-corrected chi connectivity index (χ4v) is 4.24. The first-order valence-corrected chi connectivity index (χ1v) is 11.0. The van der Waals surface area contributed by atoms with E-state index in [-0.39, 0.29) is 17.7 Å². The van der Waals surface area contributed by atoms with Gasteiger partial charge in [-0.05, 0) is 74.5 Å². The smallest absolute Gasteiger partial charge is 0.282 e. The molecule has 0 saturated carbocycles. The topological polar surface area (TPSA) is 58.6 Å². The van der Waals surface area contributed by atoms with Crippen molar-refractivity contribution in [1.29, 1.82) is 0 Å². The van der Waals surface area contributed by atoms with Crippen LogP contribution in [0.2, 0.25) is 0 Å². The van der Waals surface area contributed by atoms with Crippen molar-refractivity contribution >= 4 is 40.1 Å². The molecule has 1 N–H and O–H groups in total. The number of para-hydroxylation sites is 2. The largest absolute Gasteiger partial charge is 0.489 e. The predicted octanol–water partition coefficient (Wildman–Crippen LogP) is 5.55. The molecule has 0 spiro atoms. The Balaban J connectivity index is 1.80. The summed E-state index contributed by atoms with van der Waals surface area (Å²) in [5.41, 5.74) is 4.12. The summed E-state index contributed by atoms with van der Waals surface area (Å²) < 4.78 is 5.88. The van der Waals surface area contributed by atoms with Gasteiger partial charge in [-0.1, -0.05) is 24.3 Å². The lowest BCUT2D eigenvalue weighted by molar-refractivity contribution is -0.120. The number of thiophene rings is 1. The first-order chi connectivity index (χ1) is 14.9. The summed E-state index contributed by atoms with van der Waals surface area (Å²) in [6.45, 7) is 7.87. The summed E-state index contributed by atoms with van der Waals surface area (Å²) in [6.07, 6.45) is -0.0909. The monoisotopic (exact) mass is 432 g/mol. The van der Waals surface area contributed by atoms with E-state index in [2.05, 4.69) is 5.32 Å². The number of carbonyl (C=O) groups excluding carboxylic acids is 2. The number of ether oxygens (including phenoxy) is 1. The molecule has 1 aliphatic rings. The zero-order valence-corrected chi connectivity index (χ0v) is 18.7. The highest BCUT2D eigenvalue weighted by atomic mass is 32.1. The normalized spacial score (nSPS) is 14.0. The van der Waals surface area contributed by atoms with Gasteiger partial charge in [0.1, 0.15) is 11.4 Å². The van der Waals surface area contributed by atoms with Crippen molar-refractivity contribution in [3.63, 3.8) is 0 Å². The average molecular weight is 433 g/mol. The molecule has 0 fully saturated rings. The summed E-state index contributed by atoms with van der Waals surface area (Å²) in [5, 5.41) is 5.12. The number of hydrogen-bond acceptors (Lipinski definition) is 5. The van der Waals surface area contributed by atoms with Gasteiger partial charge in [0.15, 0.2) is 0 Å². The molecule has 6 heteroatoms. The van der Waals surface area contributed by atoms with E-state index < -0.39 is 5.91 Å². The third-order valence-corrected chi connectivity index (χ3v) is 5.98. The van der Waals surface area contributed by atoms with Crippen LogP contribution in [0.15, 0.2) is 65.7 Å². The van der Waals surface area contributed by atoms with Crippen LogP contribution in [0.1, 0.15) is 29.9 Å². The Bertz CT molecular complexity index is 1180. The van der Waals surface area contributed by atoms with Crippen LogP contribution in [-0.4, -0.2) is 17.9 Å². The van der Waals surface area contributed by atoms with Crippen LogP contribution >= 0.6 is 11.3 Å². The van der Waals surface area contributed by atoms with Gasteiger partial charge < -0.3 is 10.1 Å². The van der Waals surface area contributed by atoms with Crippen LogP contribution in [0, 0.1) is 13.8 Å². The van der Waals surface area contributed by atoms with E-state index >= 15 is 0 Å². The molecule has 0 bridgehead atoms. The SMILES string of the molecule is Cc1ccc(NC2=C(c3cccs3)C(=O)N(c3ccccc3OC(C)C)C2=O)cc1C. The molecule has 1 aliphatic heterocycles. The van der Waals surface area contributed by atoms with Gasteiger partial charge in [-0.15, -0.1) is 11.3 Å². The Labute approximate surface area is 186 Å². The molecule has 158 valence electrons. The molecule has 1 aromatic heterocycles. The zero-order chi connectivity index (χ0) is 22.1. The van der Waals surface area contributed by atoms with Gasteiger partial charge in [-0.2, -0.15) is 0 Å². The minimum absolute atomic E-state index is 0.0909. The molecule has 3 aromatic rings. The van der Waals surface area contributed by atoms with Gasteiger partial charge in [0.05, 0.1) is 17.4 Å². The van der Waals surface area contributed by atoms with Gasteiger partial charge >= 0.3 is 0 Å². The molecule has 2 aromatic carbocycles. The fraction of sp³-hybridized carbons (Fsp3) is 0.200. The number of aryl methyl sites for hydroxylation is 2. The van der Waals surface area contributed by atoms with Crippen molar-refractivity contribution in [1.82, 2.24) is 0 Å². The highest BCUT2D eigenvalue weighted by Gasteiger charge is 2.41. The molecule has 0 radical (unpaired) electrons. The van der Waals surface area contributed by atoms with E-state index in [1.165, 1.54) is 16.2 Å². The predicted molar refractivity (Wildman–Crippen MR) is 125 cm³/mol. The van der Waals surface area contributed by atoms with Crippen molar-refractivity contribution in [3.05, 3.63) is 81.7 Å². The maximum Gasteiger partial charge on any atom is 0.282 e. The van der Waals surface area contributed by atoms with E-state index in [0.717, 1.165) is 21.7 Å². The summed E-state index contributed by atoms with van der Waals surface area (Å²) >= 11 is 1.43. The summed E-state index contributed by atoms with van der Waals surface area (Å²) in [4.78, 5) is 29.0. The second-order valence-corrected chi connectivity index (χ2v) is 8.68. The maximum atomic E-state index is 13.6. The number of nitrogens with one attached hydrogen (secondary N) is 1. The summed E-state index contributed by atoms with van der Waals surface area (Å²) in [5.74, 6) is -0.262. The molecule has 0 unspecified atom stereocenters. The third kappa shape index (κ3) is 3.99. The minimum Gasteiger partial charge on any atom is -0.489 e. The highest BCUT2D eigenvalue weighted by molar-refractivity contribution is 7.11. The van der Waals surface area contributed by atoms with Crippen LogP contribution in [0.25, 0.3) is 5.57 Å². The van der Waals surface area contributed by atoms with Crippen LogP contribution in [0.3, 0.4) is 0 Å². The first kappa shape index (κ1) is 20.9.